The molecule has 0 aliphatic heterocycles. The van der Waals surface area contributed by atoms with E-state index in [1.54, 1.807) is 0 Å². The van der Waals surface area contributed by atoms with Gasteiger partial charge in [-0.2, -0.15) is 0 Å². The number of rotatable bonds is 3. The second kappa shape index (κ2) is 3.74. The van der Waals surface area contributed by atoms with Gasteiger partial charge in [0.1, 0.15) is 5.82 Å². The van der Waals surface area contributed by atoms with Crippen LogP contribution in [-0.4, -0.2) is 9.55 Å². The second-order valence-corrected chi connectivity index (χ2v) is 5.99. The zero-order chi connectivity index (χ0) is 12.9. The molecule has 1 aliphatic carbocycles. The fourth-order valence-electron chi connectivity index (χ4n) is 2.53. The van der Waals surface area contributed by atoms with Crippen molar-refractivity contribution in [1.82, 2.24) is 9.55 Å². The average Bonchev–Trinajstić information content (AvgIpc) is 3.10. The molecule has 0 bridgehead atoms. The first kappa shape index (κ1) is 11.6. The van der Waals surface area contributed by atoms with Crippen molar-refractivity contribution in [2.45, 2.75) is 51.5 Å². The van der Waals surface area contributed by atoms with E-state index in [0.29, 0.717) is 5.92 Å². The van der Waals surface area contributed by atoms with Crippen LogP contribution in [0, 0.1) is 0 Å². The van der Waals surface area contributed by atoms with E-state index in [-0.39, 0.29) is 5.54 Å². The lowest BCUT2D eigenvalue weighted by molar-refractivity contribution is 0.341. The van der Waals surface area contributed by atoms with Crippen molar-refractivity contribution in [2.75, 3.05) is 5.73 Å². The summed E-state index contributed by atoms with van der Waals surface area (Å²) >= 11 is 0. The first-order valence-corrected chi connectivity index (χ1v) is 6.81. The van der Waals surface area contributed by atoms with E-state index in [1.807, 2.05) is 12.1 Å². The monoisotopic (exact) mass is 243 g/mol. The lowest BCUT2D eigenvalue weighted by Gasteiger charge is -2.28. The van der Waals surface area contributed by atoms with E-state index in [9.17, 15) is 0 Å². The molecule has 1 aliphatic rings. The summed E-state index contributed by atoms with van der Waals surface area (Å²) in [7, 11) is 0. The van der Waals surface area contributed by atoms with Crippen LogP contribution in [0.3, 0.4) is 0 Å². The minimum atomic E-state index is 0.114. The summed E-state index contributed by atoms with van der Waals surface area (Å²) in [6, 6.07) is 6.08. The average molecular weight is 243 g/mol. The van der Waals surface area contributed by atoms with E-state index < -0.39 is 0 Å². The molecule has 0 radical (unpaired) electrons. The fourth-order valence-corrected chi connectivity index (χ4v) is 2.53. The third-order valence-corrected chi connectivity index (χ3v) is 4.12. The molecule has 96 valence electrons. The Bertz CT molecular complexity index is 591. The van der Waals surface area contributed by atoms with Gasteiger partial charge >= 0.3 is 0 Å². The van der Waals surface area contributed by atoms with Crippen molar-refractivity contribution in [1.29, 1.82) is 0 Å². The van der Waals surface area contributed by atoms with Gasteiger partial charge in [0.2, 0.25) is 0 Å². The normalized spacial score (nSPS) is 16.4. The molecule has 18 heavy (non-hydrogen) atoms. The summed E-state index contributed by atoms with van der Waals surface area (Å²) in [5.74, 6) is 1.91. The number of imidazole rings is 1. The molecular formula is C15H21N3. The molecule has 2 aromatic rings. The maximum Gasteiger partial charge on any atom is 0.113 e. The predicted octanol–water partition coefficient (Wildman–Crippen LogP) is 3.64. The molecule has 0 atom stereocenters. The highest BCUT2D eigenvalue weighted by Gasteiger charge is 2.33. The van der Waals surface area contributed by atoms with Gasteiger partial charge in [0, 0.05) is 17.1 Å². The van der Waals surface area contributed by atoms with Crippen LogP contribution in [0.1, 0.15) is 51.8 Å². The number of nitrogen functional groups attached to an aromatic ring is 1. The molecule has 1 aromatic heterocycles. The van der Waals surface area contributed by atoms with Crippen LogP contribution in [0.25, 0.3) is 11.0 Å². The van der Waals surface area contributed by atoms with Crippen molar-refractivity contribution in [3.63, 3.8) is 0 Å². The van der Waals surface area contributed by atoms with Crippen molar-refractivity contribution >= 4 is 16.7 Å². The summed E-state index contributed by atoms with van der Waals surface area (Å²) in [4.78, 5) is 4.83. The molecule has 1 aromatic carbocycles. The maximum absolute atomic E-state index is 5.87. The zero-order valence-corrected chi connectivity index (χ0v) is 11.4. The first-order valence-electron chi connectivity index (χ1n) is 6.81. The van der Waals surface area contributed by atoms with Gasteiger partial charge in [-0.25, -0.2) is 4.98 Å². The molecule has 1 fully saturated rings. The Kier molecular flexibility index (Phi) is 2.40. The molecule has 3 nitrogen and oxygen atoms in total. The highest BCUT2D eigenvalue weighted by atomic mass is 15.1. The molecule has 3 rings (SSSR count). The van der Waals surface area contributed by atoms with Crippen LogP contribution >= 0.6 is 0 Å². The van der Waals surface area contributed by atoms with Crippen LogP contribution in [0.5, 0.6) is 0 Å². The molecular weight excluding hydrogens is 222 g/mol. The molecule has 1 heterocycles. The summed E-state index contributed by atoms with van der Waals surface area (Å²) in [5.41, 5.74) is 9.04. The van der Waals surface area contributed by atoms with Crippen LogP contribution < -0.4 is 5.73 Å². The van der Waals surface area contributed by atoms with Crippen LogP contribution in [-0.2, 0) is 5.54 Å². The van der Waals surface area contributed by atoms with Crippen LogP contribution in [0.4, 0.5) is 5.69 Å². The van der Waals surface area contributed by atoms with E-state index in [4.69, 9.17) is 10.7 Å². The number of hydrogen-bond acceptors (Lipinski definition) is 2. The topological polar surface area (TPSA) is 43.8 Å². The van der Waals surface area contributed by atoms with Gasteiger partial charge in [-0.3, -0.25) is 0 Å². The number of nitrogens with two attached hydrogens (primary N) is 1. The Morgan fingerprint density at radius 1 is 1.39 bits per heavy atom. The van der Waals surface area contributed by atoms with Crippen LogP contribution in [0.2, 0.25) is 0 Å². The van der Waals surface area contributed by atoms with Crippen molar-refractivity contribution in [2.24, 2.45) is 0 Å². The van der Waals surface area contributed by atoms with Crippen molar-refractivity contribution in [3.05, 3.63) is 24.0 Å². The number of fused-ring (bicyclic) bond motifs is 1. The van der Waals surface area contributed by atoms with Gasteiger partial charge in [0.05, 0.1) is 11.0 Å². The lowest BCUT2D eigenvalue weighted by Crippen LogP contribution is -2.26. The molecule has 0 saturated heterocycles. The Balaban J connectivity index is 2.28. The highest BCUT2D eigenvalue weighted by molar-refractivity contribution is 5.80. The fraction of sp³-hybridized carbons (Fsp3) is 0.533. The Morgan fingerprint density at radius 3 is 2.72 bits per heavy atom. The molecule has 3 heteroatoms. The molecule has 0 amide bonds. The van der Waals surface area contributed by atoms with Crippen molar-refractivity contribution in [3.8, 4) is 0 Å². The second-order valence-electron chi connectivity index (χ2n) is 5.99. The molecule has 1 saturated carbocycles. The van der Waals surface area contributed by atoms with Gasteiger partial charge in [-0.05, 0) is 51.3 Å². The third kappa shape index (κ3) is 1.69. The summed E-state index contributed by atoms with van der Waals surface area (Å²) in [6.45, 7) is 6.81. The quantitative estimate of drug-likeness (QED) is 0.836. The van der Waals surface area contributed by atoms with Gasteiger partial charge in [0.15, 0.2) is 0 Å². The van der Waals surface area contributed by atoms with Crippen molar-refractivity contribution < 1.29 is 0 Å². The third-order valence-electron chi connectivity index (χ3n) is 4.12. The Hall–Kier alpha value is -1.51. The summed E-state index contributed by atoms with van der Waals surface area (Å²) in [5, 5.41) is 0. The van der Waals surface area contributed by atoms with E-state index in [2.05, 4.69) is 31.4 Å². The van der Waals surface area contributed by atoms with Gasteiger partial charge in [0.25, 0.3) is 0 Å². The van der Waals surface area contributed by atoms with Gasteiger partial charge < -0.3 is 10.3 Å². The Labute approximate surface area is 108 Å². The zero-order valence-electron chi connectivity index (χ0n) is 11.4. The number of anilines is 1. The predicted molar refractivity (Wildman–Crippen MR) is 75.7 cm³/mol. The first-order chi connectivity index (χ1) is 8.53. The number of aromatic nitrogens is 2. The number of benzene rings is 1. The smallest absolute Gasteiger partial charge is 0.113 e. The maximum atomic E-state index is 5.87. The minimum Gasteiger partial charge on any atom is -0.399 e. The standard InChI is InChI=1S/C15H21N3/c1-4-15(2,3)18-13-8-7-11(16)9-12(13)17-14(18)10-5-6-10/h7-10H,4-6,16H2,1-3H3. The number of hydrogen-bond donors (Lipinski definition) is 1. The largest absolute Gasteiger partial charge is 0.399 e. The SMILES string of the molecule is CCC(C)(C)n1c(C2CC2)nc2cc(N)ccc21. The van der Waals surface area contributed by atoms with Crippen LogP contribution in [0.15, 0.2) is 18.2 Å². The minimum absolute atomic E-state index is 0.114. The Morgan fingerprint density at radius 2 is 2.11 bits per heavy atom. The summed E-state index contributed by atoms with van der Waals surface area (Å²) in [6.07, 6.45) is 3.65. The lowest BCUT2D eigenvalue weighted by atomic mass is 10.0. The van der Waals surface area contributed by atoms with E-state index in [0.717, 1.165) is 17.6 Å². The highest BCUT2D eigenvalue weighted by Crippen LogP contribution is 2.43. The van der Waals surface area contributed by atoms with E-state index >= 15 is 0 Å². The van der Waals surface area contributed by atoms with Gasteiger partial charge in [-0.1, -0.05) is 6.92 Å². The number of nitrogens with zero attached hydrogens (tertiary/aromatic N) is 2. The molecule has 0 spiro atoms. The summed E-state index contributed by atoms with van der Waals surface area (Å²) < 4.78 is 2.43. The van der Waals surface area contributed by atoms with E-state index in [1.165, 1.54) is 24.2 Å². The molecule has 2 N–H and O–H groups in total. The van der Waals surface area contributed by atoms with Gasteiger partial charge in [-0.15, -0.1) is 0 Å². The molecule has 0 unspecified atom stereocenters.